The van der Waals surface area contributed by atoms with Crippen LogP contribution in [-0.4, -0.2) is 136 Å². The number of β-lactam (4-membered cyclic amide) rings is 2. The fourth-order valence-corrected chi connectivity index (χ4v) is 10.7. The highest BCUT2D eigenvalue weighted by Crippen LogP contribution is 2.52. The van der Waals surface area contributed by atoms with Crippen molar-refractivity contribution in [3.05, 3.63) is 71.8 Å². The number of rotatable bonds is 10. The SMILES string of the molecule is C.C.CC(C)(C)[Si](C)(C)O[C@@H]1C(=O)[C@@H](O)[C@@H](O)[C@]2(CC(=O)N2OCc2ccccc2)[C@@H]1O.CC1(C)O[C@@H]2C(=O)[C@@H](O[Si](C)(C)C(C)(C)C)[C@@H](O)[C@@]3(CC(=O)N3OCc3ccccc3)[C@@H]2O1. The largest absolute Gasteiger partial charge is 0.404 e. The second-order valence-corrected chi connectivity index (χ2v) is 30.4. The average molecular weight is 947 g/mol. The molecule has 3 heterocycles. The summed E-state index contributed by atoms with van der Waals surface area (Å²) in [6, 6.07) is 18.6. The number of fused-ring (bicyclic) bond motifs is 2. The summed E-state index contributed by atoms with van der Waals surface area (Å²) in [5, 5.41) is 45.6. The first-order valence-corrected chi connectivity index (χ1v) is 27.3. The summed E-state index contributed by atoms with van der Waals surface area (Å²) in [5.41, 5.74) is -1.25. The number of carbonyl (C=O) groups excluding carboxylic acids is 4. The van der Waals surface area contributed by atoms with Gasteiger partial charge in [-0.05, 0) is 61.2 Å². The Morgan fingerprint density at radius 1 is 0.615 bits per heavy atom. The first-order chi connectivity index (χ1) is 29.0. The van der Waals surface area contributed by atoms with Crippen molar-refractivity contribution >= 4 is 40.0 Å². The first-order valence-electron chi connectivity index (χ1n) is 21.5. The van der Waals surface area contributed by atoms with Gasteiger partial charge in [0.25, 0.3) is 0 Å². The third-order valence-corrected chi connectivity index (χ3v) is 23.0. The molecular formula is C47H74N2O14Si2. The zero-order valence-electron chi connectivity index (χ0n) is 38.5. The molecule has 3 aliphatic heterocycles. The monoisotopic (exact) mass is 946 g/mol. The second-order valence-electron chi connectivity index (χ2n) is 20.9. The summed E-state index contributed by atoms with van der Waals surface area (Å²) in [7, 11) is -4.95. The standard InChI is InChI=1S/C24H35NO7Si.C21H31NO7Si.2CH4/c1-22(2,3)33(6,7)32-18-17(27)19-21(31-23(4,5)30-19)24(20(18)28)13-16(26)25(24)29-14-15-11-9-8-10-12-15;1-20(2,3)30(4,5)29-17-15(24)16(25)18(26)21(19(17)27)11-14(23)22(21)28-12-13-9-7-6-8-10-13;;/h8-12,18-21,28H,13-14H2,1-7H3;6-10,16-19,25-27H,11-12H2,1-5H3;2*1H4/t18-,19-,20-,21-,24+;16-,17-,18-,19-,21-;;/m11../s1. The van der Waals surface area contributed by atoms with Crippen molar-refractivity contribution in [1.82, 2.24) is 10.1 Å². The van der Waals surface area contributed by atoms with Crippen molar-refractivity contribution in [3.63, 3.8) is 0 Å². The van der Waals surface area contributed by atoms with Crippen LogP contribution in [0.1, 0.15) is 94.2 Å². The van der Waals surface area contributed by atoms with Gasteiger partial charge in [0, 0.05) is 0 Å². The molecule has 10 atom stereocenters. The minimum Gasteiger partial charge on any atom is -0.404 e. The number of benzene rings is 2. The van der Waals surface area contributed by atoms with Gasteiger partial charge in [0.2, 0.25) is 11.8 Å². The highest BCUT2D eigenvalue weighted by atomic mass is 28.4. The van der Waals surface area contributed by atoms with Gasteiger partial charge in [-0.3, -0.25) is 28.9 Å². The zero-order chi connectivity index (χ0) is 46.9. The van der Waals surface area contributed by atoms with Crippen molar-refractivity contribution in [1.29, 1.82) is 0 Å². The van der Waals surface area contributed by atoms with Crippen LogP contribution < -0.4 is 0 Å². The molecule has 18 heteroatoms. The molecule has 3 saturated heterocycles. The quantitative estimate of drug-likeness (QED) is 0.175. The maximum atomic E-state index is 13.5. The second kappa shape index (κ2) is 19.0. The molecule has 2 amide bonds. The molecule has 0 unspecified atom stereocenters. The van der Waals surface area contributed by atoms with Gasteiger partial charge in [0.15, 0.2) is 40.1 Å². The van der Waals surface area contributed by atoms with Crippen molar-refractivity contribution in [3.8, 4) is 0 Å². The van der Waals surface area contributed by atoms with Crippen molar-refractivity contribution in [2.45, 2.75) is 198 Å². The highest BCUT2D eigenvalue weighted by Gasteiger charge is 2.74. The van der Waals surface area contributed by atoms with Gasteiger partial charge in [0.05, 0.1) is 12.8 Å². The van der Waals surface area contributed by atoms with Crippen LogP contribution in [0.5, 0.6) is 0 Å². The molecular weight excluding hydrogens is 873 g/mol. The summed E-state index contributed by atoms with van der Waals surface area (Å²) >= 11 is 0. The van der Waals surface area contributed by atoms with Gasteiger partial charge in [-0.2, -0.15) is 0 Å². The van der Waals surface area contributed by atoms with Gasteiger partial charge in [0.1, 0.15) is 67.0 Å². The van der Waals surface area contributed by atoms with E-state index < -0.39 is 94.0 Å². The van der Waals surface area contributed by atoms with E-state index in [1.807, 2.05) is 108 Å². The van der Waals surface area contributed by atoms with Crippen LogP contribution in [0.3, 0.4) is 0 Å². The summed E-state index contributed by atoms with van der Waals surface area (Å²) < 4.78 is 24.7. The molecule has 65 heavy (non-hydrogen) atoms. The van der Waals surface area contributed by atoms with Gasteiger partial charge in [-0.25, -0.2) is 10.1 Å². The van der Waals surface area contributed by atoms with Gasteiger partial charge < -0.3 is 38.8 Å². The molecule has 16 nitrogen and oxygen atoms in total. The molecule has 5 fully saturated rings. The Morgan fingerprint density at radius 2 is 1.00 bits per heavy atom. The molecule has 5 aliphatic rings. The third-order valence-electron chi connectivity index (χ3n) is 14.1. The van der Waals surface area contributed by atoms with Crippen molar-refractivity contribution in [2.24, 2.45) is 0 Å². The molecule has 0 aromatic heterocycles. The third kappa shape index (κ3) is 9.74. The van der Waals surface area contributed by atoms with Crippen LogP contribution in [0.2, 0.25) is 36.3 Å². The van der Waals surface area contributed by atoms with E-state index in [2.05, 4.69) is 20.8 Å². The fraction of sp³-hybridized carbons (Fsp3) is 0.660. The Kier molecular flexibility index (Phi) is 15.9. The van der Waals surface area contributed by atoms with Gasteiger partial charge in [-0.15, -0.1) is 0 Å². The number of hydroxylamine groups is 4. The summed E-state index contributed by atoms with van der Waals surface area (Å²) in [6.45, 7) is 23.7. The fourth-order valence-electron chi connectivity index (χ4n) is 8.26. The number of carbonyl (C=O) groups is 4. The predicted molar refractivity (Wildman–Crippen MR) is 246 cm³/mol. The lowest BCUT2D eigenvalue weighted by Gasteiger charge is -2.59. The normalized spacial score (nSPS) is 32.2. The van der Waals surface area contributed by atoms with E-state index in [4.69, 9.17) is 28.0 Å². The van der Waals surface area contributed by atoms with E-state index in [-0.39, 0.29) is 62.7 Å². The van der Waals surface area contributed by atoms with Crippen molar-refractivity contribution < 1.29 is 67.6 Å². The minimum atomic E-state index is -2.51. The van der Waals surface area contributed by atoms with Crippen molar-refractivity contribution in [2.75, 3.05) is 0 Å². The van der Waals surface area contributed by atoms with E-state index in [0.717, 1.165) is 16.2 Å². The molecule has 4 N–H and O–H groups in total. The highest BCUT2D eigenvalue weighted by molar-refractivity contribution is 6.74. The van der Waals surface area contributed by atoms with E-state index in [0.29, 0.717) is 0 Å². The summed E-state index contributed by atoms with van der Waals surface area (Å²) in [5.74, 6) is -2.91. The van der Waals surface area contributed by atoms with Crippen LogP contribution in [-0.2, 0) is 60.4 Å². The number of ketones is 2. The van der Waals surface area contributed by atoms with Gasteiger partial charge in [-0.1, -0.05) is 117 Å². The van der Waals surface area contributed by atoms with E-state index in [9.17, 15) is 39.6 Å². The zero-order valence-corrected chi connectivity index (χ0v) is 40.5. The molecule has 0 bridgehead atoms. The first kappa shape index (κ1) is 54.4. The van der Waals surface area contributed by atoms with E-state index >= 15 is 0 Å². The number of hydrogen-bond acceptors (Lipinski definition) is 14. The number of aliphatic hydroxyl groups excluding tert-OH is 4. The topological polar surface area (TPSA) is 211 Å². The summed E-state index contributed by atoms with van der Waals surface area (Å²) in [4.78, 5) is 62.9. The van der Waals surface area contributed by atoms with E-state index in [1.165, 1.54) is 5.06 Å². The number of ether oxygens (including phenoxy) is 2. The number of aliphatic hydroxyl groups is 4. The van der Waals surface area contributed by atoms with Crippen LogP contribution in [0, 0.1) is 0 Å². The number of nitrogens with zero attached hydrogens (tertiary/aromatic N) is 2. The average Bonchev–Trinajstić information content (AvgIpc) is 3.53. The maximum Gasteiger partial charge on any atom is 0.249 e. The van der Waals surface area contributed by atoms with Crippen LogP contribution in [0.25, 0.3) is 0 Å². The van der Waals surface area contributed by atoms with Crippen LogP contribution >= 0.6 is 0 Å². The summed E-state index contributed by atoms with van der Waals surface area (Å²) in [6.07, 6.45) is -10.9. The number of hydrogen-bond donors (Lipinski definition) is 4. The number of Topliss-reactive ketones (excluding diaryl/α,β-unsaturated/α-hetero) is 2. The Hall–Kier alpha value is -3.25. The molecule has 2 aromatic rings. The minimum absolute atomic E-state index is 0. The molecule has 2 spiro atoms. The predicted octanol–water partition coefficient (Wildman–Crippen LogP) is 5.36. The lowest BCUT2D eigenvalue weighted by Crippen LogP contribution is -2.82. The Balaban J connectivity index is 0.000000277. The molecule has 2 aromatic carbocycles. The Bertz CT molecular complexity index is 2030. The van der Waals surface area contributed by atoms with Gasteiger partial charge >= 0.3 is 0 Å². The molecule has 0 radical (unpaired) electrons. The van der Waals surface area contributed by atoms with Crippen LogP contribution in [0.15, 0.2) is 60.7 Å². The Labute approximate surface area is 386 Å². The molecule has 7 rings (SSSR count). The van der Waals surface area contributed by atoms with E-state index in [1.54, 1.807) is 13.8 Å². The molecule has 2 aliphatic carbocycles. The number of amides is 2. The van der Waals surface area contributed by atoms with Crippen LogP contribution in [0.4, 0.5) is 0 Å². The lowest BCUT2D eigenvalue weighted by atomic mass is 9.67. The molecule has 2 saturated carbocycles. The maximum absolute atomic E-state index is 13.5. The lowest BCUT2D eigenvalue weighted by molar-refractivity contribution is -0.319. The molecule has 364 valence electrons. The smallest absolute Gasteiger partial charge is 0.249 e. The Morgan fingerprint density at radius 3 is 1.42 bits per heavy atom.